The van der Waals surface area contributed by atoms with Crippen LogP contribution in [0.1, 0.15) is 0 Å². The molecule has 0 bridgehead atoms. The van der Waals surface area contributed by atoms with Crippen LogP contribution < -0.4 is 9.80 Å². The molecule has 11 rings (SSSR count). The second kappa shape index (κ2) is 13.1. The number of hydrogen-bond donors (Lipinski definition) is 0. The molecule has 0 atom stereocenters. The molecule has 0 spiro atoms. The predicted molar refractivity (Wildman–Crippen MR) is 236 cm³/mol. The number of benzene rings is 10. The largest absolute Gasteiger partial charge is 0.308 e. The molecular formula is C52H34N4. The van der Waals surface area contributed by atoms with E-state index < -0.39 is 0 Å². The lowest BCUT2D eigenvalue weighted by molar-refractivity contribution is 1.25. The minimum Gasteiger partial charge on any atom is -0.308 e. The molecule has 4 heteroatoms. The van der Waals surface area contributed by atoms with Gasteiger partial charge in [-0.2, -0.15) is 0 Å². The third kappa shape index (κ3) is 5.23. The van der Waals surface area contributed by atoms with Gasteiger partial charge in [-0.3, -0.25) is 0 Å². The Morgan fingerprint density at radius 3 is 1.04 bits per heavy atom. The van der Waals surface area contributed by atoms with Gasteiger partial charge >= 0.3 is 0 Å². The van der Waals surface area contributed by atoms with Crippen molar-refractivity contribution in [2.45, 2.75) is 0 Å². The average molecular weight is 715 g/mol. The van der Waals surface area contributed by atoms with Crippen molar-refractivity contribution in [1.82, 2.24) is 9.97 Å². The molecule has 262 valence electrons. The summed E-state index contributed by atoms with van der Waals surface area (Å²) in [6, 6.07) is 73.2. The van der Waals surface area contributed by atoms with E-state index in [1.54, 1.807) is 0 Å². The zero-order valence-electron chi connectivity index (χ0n) is 30.4. The molecule has 0 radical (unpaired) electrons. The molecule has 11 aromatic rings. The Morgan fingerprint density at radius 1 is 0.250 bits per heavy atom. The lowest BCUT2D eigenvalue weighted by Gasteiger charge is -2.30. The van der Waals surface area contributed by atoms with Gasteiger partial charge in [0.25, 0.3) is 0 Å². The lowest BCUT2D eigenvalue weighted by Crippen LogP contribution is -2.14. The summed E-state index contributed by atoms with van der Waals surface area (Å²) >= 11 is 0. The first kappa shape index (κ1) is 31.9. The van der Waals surface area contributed by atoms with Gasteiger partial charge in [-0.05, 0) is 93.0 Å². The van der Waals surface area contributed by atoms with Gasteiger partial charge in [-0.1, -0.05) is 146 Å². The van der Waals surface area contributed by atoms with Crippen LogP contribution in [0.25, 0.3) is 65.2 Å². The van der Waals surface area contributed by atoms with E-state index in [4.69, 9.17) is 9.97 Å². The molecule has 0 N–H and O–H groups in total. The molecule has 56 heavy (non-hydrogen) atoms. The number of anilines is 6. The van der Waals surface area contributed by atoms with Crippen LogP contribution in [0.4, 0.5) is 34.1 Å². The third-order valence-corrected chi connectivity index (χ3v) is 10.9. The van der Waals surface area contributed by atoms with Gasteiger partial charge in [-0.25, -0.2) is 9.97 Å². The molecule has 0 unspecified atom stereocenters. The highest BCUT2D eigenvalue weighted by molar-refractivity contribution is 6.24. The number of hydrogen-bond acceptors (Lipinski definition) is 4. The third-order valence-electron chi connectivity index (χ3n) is 10.9. The standard InChI is InChI=1S/C52H34N4/c1-3-19-39(20-4-1)55(41-29-27-35-15-7-9-17-37(35)33-41)47-31-32-48(56(40-21-5-2-6-22-40)42-30-28-36-16-8-10-18-38(36)34-42)52-51(47)53-49-45-25-13-11-23-43(45)44-24-12-14-26-46(44)50(49)54-52/h1-34H. The minimum atomic E-state index is 0.814. The van der Waals surface area contributed by atoms with E-state index in [-0.39, 0.29) is 0 Å². The second-order valence-corrected chi connectivity index (χ2v) is 14.2. The summed E-state index contributed by atoms with van der Waals surface area (Å²) in [4.78, 5) is 16.1. The molecular weight excluding hydrogens is 681 g/mol. The van der Waals surface area contributed by atoms with Gasteiger partial charge < -0.3 is 9.80 Å². The van der Waals surface area contributed by atoms with Crippen molar-refractivity contribution in [3.05, 3.63) is 206 Å². The maximum atomic E-state index is 5.74. The Hall–Kier alpha value is -7.56. The first-order valence-corrected chi connectivity index (χ1v) is 19.0. The predicted octanol–water partition coefficient (Wildman–Crippen LogP) is 14.3. The summed E-state index contributed by atoms with van der Waals surface area (Å²) in [5.41, 5.74) is 9.46. The van der Waals surface area contributed by atoms with Crippen LogP contribution in [-0.2, 0) is 0 Å². The molecule has 0 aliphatic carbocycles. The normalized spacial score (nSPS) is 11.6. The van der Waals surface area contributed by atoms with Crippen molar-refractivity contribution in [2.24, 2.45) is 0 Å². The van der Waals surface area contributed by atoms with Gasteiger partial charge in [0.1, 0.15) is 11.0 Å². The summed E-state index contributed by atoms with van der Waals surface area (Å²) in [7, 11) is 0. The number of rotatable bonds is 6. The fourth-order valence-corrected chi connectivity index (χ4v) is 8.33. The molecule has 0 fully saturated rings. The van der Waals surface area contributed by atoms with E-state index in [0.29, 0.717) is 0 Å². The Morgan fingerprint density at radius 2 is 0.607 bits per heavy atom. The minimum absolute atomic E-state index is 0.814. The number of aromatic nitrogens is 2. The van der Waals surface area contributed by atoms with Crippen LogP contribution in [0, 0.1) is 0 Å². The Balaban J connectivity index is 1.28. The lowest BCUT2D eigenvalue weighted by atomic mass is 9.99. The summed E-state index contributed by atoms with van der Waals surface area (Å²) in [6.45, 7) is 0. The highest BCUT2D eigenvalue weighted by atomic mass is 15.2. The Bertz CT molecular complexity index is 3050. The highest BCUT2D eigenvalue weighted by Crippen LogP contribution is 2.46. The average Bonchev–Trinajstić information content (AvgIpc) is 3.27. The number of nitrogens with zero attached hydrogens (tertiary/aromatic N) is 4. The van der Waals surface area contributed by atoms with Crippen LogP contribution in [-0.4, -0.2) is 9.97 Å². The van der Waals surface area contributed by atoms with E-state index in [1.807, 2.05) is 0 Å². The van der Waals surface area contributed by atoms with Crippen LogP contribution in [0.5, 0.6) is 0 Å². The van der Waals surface area contributed by atoms with Crippen molar-refractivity contribution >= 4 is 99.3 Å². The smallest absolute Gasteiger partial charge is 0.116 e. The van der Waals surface area contributed by atoms with Gasteiger partial charge in [-0.15, -0.1) is 0 Å². The van der Waals surface area contributed by atoms with Crippen molar-refractivity contribution in [3.8, 4) is 0 Å². The maximum Gasteiger partial charge on any atom is 0.116 e. The molecule has 0 saturated heterocycles. The van der Waals surface area contributed by atoms with Crippen LogP contribution in [0.3, 0.4) is 0 Å². The molecule has 0 saturated carbocycles. The van der Waals surface area contributed by atoms with E-state index >= 15 is 0 Å². The summed E-state index contributed by atoms with van der Waals surface area (Å²) in [5.74, 6) is 0. The number of fused-ring (bicyclic) bond motifs is 9. The van der Waals surface area contributed by atoms with E-state index in [0.717, 1.165) is 67.0 Å². The fraction of sp³-hybridized carbons (Fsp3) is 0. The maximum absolute atomic E-state index is 5.74. The first-order valence-electron chi connectivity index (χ1n) is 19.0. The highest BCUT2D eigenvalue weighted by Gasteiger charge is 2.24. The zero-order chi connectivity index (χ0) is 37.0. The molecule has 10 aromatic carbocycles. The van der Waals surface area contributed by atoms with Gasteiger partial charge in [0, 0.05) is 33.5 Å². The number of para-hydroxylation sites is 2. The van der Waals surface area contributed by atoms with Gasteiger partial charge in [0.15, 0.2) is 0 Å². The molecule has 1 heterocycles. The molecule has 1 aromatic heterocycles. The second-order valence-electron chi connectivity index (χ2n) is 14.2. The van der Waals surface area contributed by atoms with Crippen molar-refractivity contribution < 1.29 is 0 Å². The summed E-state index contributed by atoms with van der Waals surface area (Å²) in [6.07, 6.45) is 0. The van der Waals surface area contributed by atoms with Crippen LogP contribution in [0.15, 0.2) is 206 Å². The van der Waals surface area contributed by atoms with Gasteiger partial charge in [0.2, 0.25) is 0 Å². The quantitative estimate of drug-likeness (QED) is 0.127. The van der Waals surface area contributed by atoms with E-state index in [9.17, 15) is 0 Å². The molecule has 0 aliphatic heterocycles. The van der Waals surface area contributed by atoms with Crippen molar-refractivity contribution in [2.75, 3.05) is 9.80 Å². The van der Waals surface area contributed by atoms with Crippen molar-refractivity contribution in [1.29, 1.82) is 0 Å². The van der Waals surface area contributed by atoms with E-state index in [1.165, 1.54) is 32.3 Å². The van der Waals surface area contributed by atoms with Gasteiger partial charge in [0.05, 0.1) is 22.4 Å². The SMILES string of the molecule is c1ccc(N(c2ccc3ccccc3c2)c2ccc(N(c3ccccc3)c3ccc4ccccc4c3)c3nc4c5ccccc5c5ccccc5c4nc23)cc1. The zero-order valence-corrected chi connectivity index (χ0v) is 30.4. The summed E-state index contributed by atoms with van der Waals surface area (Å²) in [5, 5.41) is 9.23. The topological polar surface area (TPSA) is 32.3 Å². The Kier molecular flexibility index (Phi) is 7.46. The molecule has 0 aliphatic rings. The van der Waals surface area contributed by atoms with Crippen LogP contribution in [0.2, 0.25) is 0 Å². The van der Waals surface area contributed by atoms with Crippen LogP contribution >= 0.6 is 0 Å². The van der Waals surface area contributed by atoms with Crippen molar-refractivity contribution in [3.63, 3.8) is 0 Å². The summed E-state index contributed by atoms with van der Waals surface area (Å²) < 4.78 is 0. The first-order chi connectivity index (χ1) is 27.8. The molecule has 4 nitrogen and oxygen atoms in total. The Labute approximate surface area is 324 Å². The monoisotopic (exact) mass is 714 g/mol. The fourth-order valence-electron chi connectivity index (χ4n) is 8.33. The van der Waals surface area contributed by atoms with E-state index in [2.05, 4.69) is 216 Å². The molecule has 0 amide bonds.